The number of nitrogens with zero attached hydrogens (tertiary/aromatic N) is 5. The molecule has 154 valence electrons. The van der Waals surface area contributed by atoms with Crippen molar-refractivity contribution in [2.45, 2.75) is 40.8 Å². The van der Waals surface area contributed by atoms with E-state index in [-0.39, 0.29) is 17.2 Å². The van der Waals surface area contributed by atoms with Gasteiger partial charge in [-0.25, -0.2) is 4.79 Å². The van der Waals surface area contributed by atoms with Crippen LogP contribution in [0.15, 0.2) is 27.8 Å². The normalized spacial score (nSPS) is 16.7. The molecule has 0 unspecified atom stereocenters. The zero-order valence-corrected chi connectivity index (χ0v) is 18.2. The molecule has 0 bridgehead atoms. The lowest BCUT2D eigenvalue weighted by atomic mass is 10.1. The van der Waals surface area contributed by atoms with Gasteiger partial charge in [0.2, 0.25) is 5.95 Å². The lowest BCUT2D eigenvalue weighted by Crippen LogP contribution is -2.41. The van der Waals surface area contributed by atoms with Gasteiger partial charge in [0.25, 0.3) is 5.56 Å². The zero-order valence-electron chi connectivity index (χ0n) is 17.4. The van der Waals surface area contributed by atoms with Crippen LogP contribution in [0.2, 0.25) is 5.02 Å². The van der Waals surface area contributed by atoms with Gasteiger partial charge in [-0.2, -0.15) is 4.98 Å². The molecule has 1 atom stereocenters. The number of hydrogen-bond acceptors (Lipinski definition) is 4. The summed E-state index contributed by atoms with van der Waals surface area (Å²) < 4.78 is 4.77. The van der Waals surface area contributed by atoms with E-state index in [0.717, 1.165) is 17.8 Å². The van der Waals surface area contributed by atoms with Crippen LogP contribution in [0.5, 0.6) is 0 Å². The van der Waals surface area contributed by atoms with Crippen molar-refractivity contribution in [3.8, 4) is 0 Å². The van der Waals surface area contributed by atoms with Crippen LogP contribution in [0.3, 0.4) is 0 Å². The molecule has 2 aromatic heterocycles. The topological polar surface area (TPSA) is 65.1 Å². The summed E-state index contributed by atoms with van der Waals surface area (Å²) in [6.07, 6.45) is 0. The van der Waals surface area contributed by atoms with E-state index in [1.54, 1.807) is 7.05 Å². The summed E-state index contributed by atoms with van der Waals surface area (Å²) in [6.45, 7) is 9.94. The standard InChI is InChI=1S/C21H26ClN5O2/c1-12(2)9-27-19(28)17-18(24(5)21(27)29)23-20-25(10-13(3)11-26(17)20)16-8-6-7-15(22)14(16)4/h6-8,12-13H,9-11H2,1-5H3/t13-/m1/s1. The van der Waals surface area contributed by atoms with Gasteiger partial charge in [-0.15, -0.1) is 0 Å². The summed E-state index contributed by atoms with van der Waals surface area (Å²) in [6, 6.07) is 5.80. The lowest BCUT2D eigenvalue weighted by molar-refractivity contribution is 0.454. The van der Waals surface area contributed by atoms with E-state index in [2.05, 4.69) is 11.8 Å². The number of imidazole rings is 1. The van der Waals surface area contributed by atoms with Crippen molar-refractivity contribution < 1.29 is 0 Å². The monoisotopic (exact) mass is 415 g/mol. The first-order valence-electron chi connectivity index (χ1n) is 9.93. The molecule has 8 heteroatoms. The van der Waals surface area contributed by atoms with Crippen molar-refractivity contribution in [2.24, 2.45) is 18.9 Å². The first-order chi connectivity index (χ1) is 13.7. The van der Waals surface area contributed by atoms with E-state index in [4.69, 9.17) is 16.6 Å². The van der Waals surface area contributed by atoms with Crippen LogP contribution in [0.1, 0.15) is 26.3 Å². The fourth-order valence-electron chi connectivity index (χ4n) is 4.12. The predicted molar refractivity (Wildman–Crippen MR) is 116 cm³/mol. The second kappa shape index (κ2) is 7.06. The molecule has 7 nitrogen and oxygen atoms in total. The van der Waals surface area contributed by atoms with Crippen molar-refractivity contribution in [1.29, 1.82) is 0 Å². The summed E-state index contributed by atoms with van der Waals surface area (Å²) in [5.41, 5.74) is 2.24. The Morgan fingerprint density at radius 3 is 2.66 bits per heavy atom. The van der Waals surface area contributed by atoms with Gasteiger partial charge in [-0.3, -0.25) is 13.9 Å². The Morgan fingerprint density at radius 2 is 1.97 bits per heavy atom. The molecule has 1 aliphatic rings. The molecular weight excluding hydrogens is 390 g/mol. The number of hydrogen-bond donors (Lipinski definition) is 0. The highest BCUT2D eigenvalue weighted by atomic mass is 35.5. The van der Waals surface area contributed by atoms with E-state index in [1.165, 1.54) is 9.13 Å². The minimum atomic E-state index is -0.329. The minimum absolute atomic E-state index is 0.186. The second-order valence-corrected chi connectivity index (χ2v) is 8.85. The number of fused-ring (bicyclic) bond motifs is 3. The zero-order chi connectivity index (χ0) is 21.0. The summed E-state index contributed by atoms with van der Waals surface area (Å²) in [7, 11) is 1.68. The van der Waals surface area contributed by atoms with Crippen LogP contribution in [-0.4, -0.2) is 25.2 Å². The first kappa shape index (κ1) is 19.8. The molecule has 1 aromatic carbocycles. The highest BCUT2D eigenvalue weighted by molar-refractivity contribution is 6.31. The number of halogens is 1. The Kier molecular flexibility index (Phi) is 4.81. The van der Waals surface area contributed by atoms with Gasteiger partial charge in [0.1, 0.15) is 0 Å². The molecule has 3 heterocycles. The molecule has 0 radical (unpaired) electrons. The van der Waals surface area contributed by atoms with Crippen LogP contribution in [0.25, 0.3) is 11.2 Å². The molecule has 0 saturated carbocycles. The van der Waals surface area contributed by atoms with Gasteiger partial charge in [-0.05, 0) is 36.5 Å². The SMILES string of the molecule is Cc1c(Cl)cccc1N1C[C@@H](C)Cn2c1nc1c2c(=O)n(CC(C)C)c(=O)n1C. The molecule has 0 amide bonds. The third kappa shape index (κ3) is 3.08. The van der Waals surface area contributed by atoms with E-state index in [0.29, 0.717) is 41.1 Å². The number of rotatable bonds is 3. The van der Waals surface area contributed by atoms with Crippen LogP contribution >= 0.6 is 11.6 Å². The number of aromatic nitrogens is 4. The third-order valence-corrected chi connectivity index (χ3v) is 5.93. The quantitative estimate of drug-likeness (QED) is 0.658. The molecule has 29 heavy (non-hydrogen) atoms. The van der Waals surface area contributed by atoms with Crippen molar-refractivity contribution in [3.05, 3.63) is 49.6 Å². The maximum absolute atomic E-state index is 13.3. The Labute approximate surface area is 174 Å². The highest BCUT2D eigenvalue weighted by Gasteiger charge is 2.30. The smallest absolute Gasteiger partial charge is 0.311 e. The molecule has 0 fully saturated rings. The van der Waals surface area contributed by atoms with E-state index >= 15 is 0 Å². The van der Waals surface area contributed by atoms with Crippen molar-refractivity contribution in [3.63, 3.8) is 0 Å². The molecule has 0 aliphatic carbocycles. The molecule has 1 aliphatic heterocycles. The molecule has 3 aromatic rings. The largest absolute Gasteiger partial charge is 0.332 e. The fraction of sp³-hybridized carbons (Fsp3) is 0.476. The predicted octanol–water partition coefficient (Wildman–Crippen LogP) is 3.30. The lowest BCUT2D eigenvalue weighted by Gasteiger charge is -2.34. The second-order valence-electron chi connectivity index (χ2n) is 8.45. The Bertz CT molecular complexity index is 1220. The third-order valence-electron chi connectivity index (χ3n) is 5.52. The van der Waals surface area contributed by atoms with E-state index < -0.39 is 0 Å². The average molecular weight is 416 g/mol. The van der Waals surface area contributed by atoms with E-state index in [9.17, 15) is 9.59 Å². The maximum atomic E-state index is 13.3. The first-order valence-corrected chi connectivity index (χ1v) is 10.3. The van der Waals surface area contributed by atoms with Gasteiger partial charge < -0.3 is 9.47 Å². The summed E-state index contributed by atoms with van der Waals surface area (Å²) in [5, 5.41) is 0.690. The molecule has 4 rings (SSSR count). The molecular formula is C21H26ClN5O2. The fourth-order valence-corrected chi connectivity index (χ4v) is 4.29. The van der Waals surface area contributed by atoms with Crippen molar-refractivity contribution >= 4 is 34.4 Å². The van der Waals surface area contributed by atoms with E-state index in [1.807, 2.05) is 43.5 Å². The summed E-state index contributed by atoms with van der Waals surface area (Å²) >= 11 is 6.36. The van der Waals surface area contributed by atoms with Crippen molar-refractivity contribution in [2.75, 3.05) is 11.4 Å². The van der Waals surface area contributed by atoms with Gasteiger partial charge in [0, 0.05) is 37.4 Å². The van der Waals surface area contributed by atoms with Crippen LogP contribution in [0.4, 0.5) is 11.6 Å². The average Bonchev–Trinajstić information content (AvgIpc) is 3.04. The molecule has 0 saturated heterocycles. The van der Waals surface area contributed by atoms with Crippen molar-refractivity contribution in [1.82, 2.24) is 18.7 Å². The Balaban J connectivity index is 2.03. The molecule has 0 spiro atoms. The minimum Gasteiger partial charge on any atom is -0.311 e. The van der Waals surface area contributed by atoms with Crippen LogP contribution in [0, 0.1) is 18.8 Å². The van der Waals surface area contributed by atoms with Crippen LogP contribution in [-0.2, 0) is 20.1 Å². The Hall–Kier alpha value is -2.54. The molecule has 0 N–H and O–H groups in total. The number of anilines is 2. The van der Waals surface area contributed by atoms with Gasteiger partial charge >= 0.3 is 5.69 Å². The number of benzene rings is 1. The highest BCUT2D eigenvalue weighted by Crippen LogP contribution is 2.36. The number of aryl methyl sites for hydroxylation is 1. The summed E-state index contributed by atoms with van der Waals surface area (Å²) in [5.74, 6) is 1.16. The Morgan fingerprint density at radius 1 is 1.24 bits per heavy atom. The summed E-state index contributed by atoms with van der Waals surface area (Å²) in [4.78, 5) is 33.0. The van der Waals surface area contributed by atoms with Gasteiger partial charge in [0.15, 0.2) is 11.2 Å². The van der Waals surface area contributed by atoms with Gasteiger partial charge in [0.05, 0.1) is 0 Å². The van der Waals surface area contributed by atoms with Crippen LogP contribution < -0.4 is 16.1 Å². The van der Waals surface area contributed by atoms with Gasteiger partial charge in [-0.1, -0.05) is 38.4 Å². The maximum Gasteiger partial charge on any atom is 0.332 e.